The number of halogens is 1. The number of aryl methyl sites for hydroxylation is 1. The Morgan fingerprint density at radius 1 is 1.12 bits per heavy atom. The summed E-state index contributed by atoms with van der Waals surface area (Å²) in [6.07, 6.45) is 1.66. The SMILES string of the molecule is COc1ccc(NC(=O)c2cn(C)nc2-c2ccccc2Cl)cc1OC. The van der Waals surface area contributed by atoms with Crippen molar-refractivity contribution in [2.45, 2.75) is 0 Å². The Morgan fingerprint density at radius 3 is 2.54 bits per heavy atom. The van der Waals surface area contributed by atoms with Crippen LogP contribution in [0.25, 0.3) is 11.3 Å². The van der Waals surface area contributed by atoms with Gasteiger partial charge in [0.15, 0.2) is 11.5 Å². The molecule has 0 aliphatic rings. The quantitative estimate of drug-likeness (QED) is 0.736. The molecule has 0 aliphatic heterocycles. The molecule has 1 aromatic heterocycles. The van der Waals surface area contributed by atoms with Crippen molar-refractivity contribution < 1.29 is 14.3 Å². The molecule has 0 saturated carbocycles. The zero-order valence-corrected chi connectivity index (χ0v) is 15.4. The van der Waals surface area contributed by atoms with E-state index in [0.717, 1.165) is 0 Å². The number of ether oxygens (including phenoxy) is 2. The molecule has 0 saturated heterocycles. The number of hydrogen-bond acceptors (Lipinski definition) is 4. The third-order valence-electron chi connectivity index (χ3n) is 3.84. The van der Waals surface area contributed by atoms with Crippen LogP contribution in [-0.4, -0.2) is 29.9 Å². The van der Waals surface area contributed by atoms with Crippen molar-refractivity contribution in [3.05, 3.63) is 59.2 Å². The molecule has 7 heteroatoms. The molecule has 1 N–H and O–H groups in total. The van der Waals surface area contributed by atoms with Crippen molar-refractivity contribution in [1.82, 2.24) is 9.78 Å². The van der Waals surface area contributed by atoms with Gasteiger partial charge in [-0.1, -0.05) is 29.8 Å². The minimum absolute atomic E-state index is 0.291. The summed E-state index contributed by atoms with van der Waals surface area (Å²) in [4.78, 5) is 12.8. The molecule has 1 amide bonds. The molecule has 0 atom stereocenters. The fourth-order valence-corrected chi connectivity index (χ4v) is 2.84. The second-order valence-corrected chi connectivity index (χ2v) is 5.98. The number of nitrogens with zero attached hydrogens (tertiary/aromatic N) is 2. The van der Waals surface area contributed by atoms with Crippen LogP contribution in [-0.2, 0) is 7.05 Å². The van der Waals surface area contributed by atoms with Crippen LogP contribution >= 0.6 is 11.6 Å². The summed E-state index contributed by atoms with van der Waals surface area (Å²) in [5.74, 6) is 0.826. The first-order valence-corrected chi connectivity index (χ1v) is 8.23. The lowest BCUT2D eigenvalue weighted by molar-refractivity contribution is 0.102. The molecule has 134 valence electrons. The van der Waals surface area contributed by atoms with E-state index in [9.17, 15) is 4.79 Å². The van der Waals surface area contributed by atoms with Crippen molar-refractivity contribution in [2.24, 2.45) is 7.05 Å². The number of nitrogens with one attached hydrogen (secondary N) is 1. The second-order valence-electron chi connectivity index (χ2n) is 5.57. The third-order valence-corrected chi connectivity index (χ3v) is 4.17. The molecule has 3 aromatic rings. The van der Waals surface area contributed by atoms with Crippen LogP contribution < -0.4 is 14.8 Å². The number of carbonyl (C=O) groups excluding carboxylic acids is 1. The molecule has 0 fully saturated rings. The number of aromatic nitrogens is 2. The molecule has 0 bridgehead atoms. The van der Waals surface area contributed by atoms with Gasteiger partial charge in [0.1, 0.15) is 5.69 Å². The Kier molecular flexibility index (Phi) is 5.14. The Hall–Kier alpha value is -2.99. The van der Waals surface area contributed by atoms with Gasteiger partial charge in [-0.15, -0.1) is 0 Å². The van der Waals surface area contributed by atoms with Crippen LogP contribution in [0.2, 0.25) is 5.02 Å². The summed E-state index contributed by atoms with van der Waals surface area (Å²) in [5, 5.41) is 7.78. The number of methoxy groups -OCH3 is 2. The molecule has 0 spiro atoms. The van der Waals surface area contributed by atoms with E-state index in [4.69, 9.17) is 21.1 Å². The van der Waals surface area contributed by atoms with E-state index in [2.05, 4.69) is 10.4 Å². The van der Waals surface area contributed by atoms with Crippen LogP contribution in [0.1, 0.15) is 10.4 Å². The number of benzene rings is 2. The van der Waals surface area contributed by atoms with Crippen molar-refractivity contribution in [2.75, 3.05) is 19.5 Å². The summed E-state index contributed by atoms with van der Waals surface area (Å²) >= 11 is 6.27. The summed E-state index contributed by atoms with van der Waals surface area (Å²) < 4.78 is 12.1. The zero-order valence-electron chi connectivity index (χ0n) is 14.6. The highest BCUT2D eigenvalue weighted by molar-refractivity contribution is 6.33. The van der Waals surface area contributed by atoms with Gasteiger partial charge in [0.25, 0.3) is 5.91 Å². The van der Waals surface area contributed by atoms with E-state index in [0.29, 0.717) is 39.0 Å². The van der Waals surface area contributed by atoms with Crippen LogP contribution in [0, 0.1) is 0 Å². The minimum atomic E-state index is -0.291. The Labute approximate surface area is 156 Å². The number of carbonyl (C=O) groups is 1. The smallest absolute Gasteiger partial charge is 0.259 e. The van der Waals surface area contributed by atoms with E-state index in [1.54, 1.807) is 56.4 Å². The monoisotopic (exact) mass is 371 g/mol. The Bertz CT molecular complexity index is 953. The highest BCUT2D eigenvalue weighted by atomic mass is 35.5. The van der Waals surface area contributed by atoms with Gasteiger partial charge in [-0.05, 0) is 18.2 Å². The van der Waals surface area contributed by atoms with Gasteiger partial charge in [0.2, 0.25) is 0 Å². The molecule has 0 radical (unpaired) electrons. The summed E-state index contributed by atoms with van der Waals surface area (Å²) in [6.45, 7) is 0. The average molecular weight is 372 g/mol. The lowest BCUT2D eigenvalue weighted by Crippen LogP contribution is -2.12. The van der Waals surface area contributed by atoms with Gasteiger partial charge in [-0.25, -0.2) is 0 Å². The van der Waals surface area contributed by atoms with E-state index < -0.39 is 0 Å². The predicted molar refractivity (Wildman–Crippen MR) is 101 cm³/mol. The van der Waals surface area contributed by atoms with Gasteiger partial charge in [-0.2, -0.15) is 5.10 Å². The molecule has 0 unspecified atom stereocenters. The first kappa shape index (κ1) is 17.8. The normalized spacial score (nSPS) is 10.5. The van der Waals surface area contributed by atoms with Gasteiger partial charge < -0.3 is 14.8 Å². The highest BCUT2D eigenvalue weighted by Gasteiger charge is 2.19. The van der Waals surface area contributed by atoms with Crippen LogP contribution in [0.15, 0.2) is 48.7 Å². The molecule has 0 aliphatic carbocycles. The van der Waals surface area contributed by atoms with Gasteiger partial charge in [0, 0.05) is 30.6 Å². The predicted octanol–water partition coefficient (Wildman–Crippen LogP) is 4.01. The average Bonchev–Trinajstić information content (AvgIpc) is 3.03. The fraction of sp³-hybridized carbons (Fsp3) is 0.158. The third kappa shape index (κ3) is 3.50. The number of rotatable bonds is 5. The van der Waals surface area contributed by atoms with Gasteiger partial charge in [-0.3, -0.25) is 9.48 Å². The maximum atomic E-state index is 12.8. The van der Waals surface area contributed by atoms with Gasteiger partial charge >= 0.3 is 0 Å². The van der Waals surface area contributed by atoms with Crippen molar-refractivity contribution in [3.63, 3.8) is 0 Å². The zero-order chi connectivity index (χ0) is 18.7. The van der Waals surface area contributed by atoms with Crippen LogP contribution in [0.4, 0.5) is 5.69 Å². The van der Waals surface area contributed by atoms with Crippen molar-refractivity contribution in [1.29, 1.82) is 0 Å². The summed E-state index contributed by atoms with van der Waals surface area (Å²) in [6, 6.07) is 12.4. The number of hydrogen-bond donors (Lipinski definition) is 1. The van der Waals surface area contributed by atoms with E-state index in [1.807, 2.05) is 18.2 Å². The second kappa shape index (κ2) is 7.49. The Morgan fingerprint density at radius 2 is 1.85 bits per heavy atom. The number of amides is 1. The molecule has 1 heterocycles. The van der Waals surface area contributed by atoms with Crippen molar-refractivity contribution >= 4 is 23.2 Å². The summed E-state index contributed by atoms with van der Waals surface area (Å²) in [7, 11) is 4.86. The molecular formula is C19H18ClN3O3. The Balaban J connectivity index is 1.93. The van der Waals surface area contributed by atoms with E-state index in [1.165, 1.54) is 0 Å². The molecular weight excluding hydrogens is 354 g/mol. The maximum absolute atomic E-state index is 12.8. The standard InChI is InChI=1S/C19H18ClN3O3/c1-23-11-14(18(22-23)13-6-4-5-7-15(13)20)19(24)21-12-8-9-16(25-2)17(10-12)26-3/h4-11H,1-3H3,(H,21,24). The highest BCUT2D eigenvalue weighted by Crippen LogP contribution is 2.32. The van der Waals surface area contributed by atoms with Crippen LogP contribution in [0.5, 0.6) is 11.5 Å². The topological polar surface area (TPSA) is 65.4 Å². The molecule has 26 heavy (non-hydrogen) atoms. The summed E-state index contributed by atoms with van der Waals surface area (Å²) in [5.41, 5.74) is 2.24. The largest absolute Gasteiger partial charge is 0.493 e. The first-order valence-electron chi connectivity index (χ1n) is 7.85. The fourth-order valence-electron chi connectivity index (χ4n) is 2.62. The molecule has 2 aromatic carbocycles. The molecule has 3 rings (SSSR count). The van der Waals surface area contributed by atoms with E-state index >= 15 is 0 Å². The lowest BCUT2D eigenvalue weighted by Gasteiger charge is -2.11. The first-order chi connectivity index (χ1) is 12.5. The van der Waals surface area contributed by atoms with E-state index in [-0.39, 0.29) is 5.91 Å². The lowest BCUT2D eigenvalue weighted by atomic mass is 10.1. The number of anilines is 1. The minimum Gasteiger partial charge on any atom is -0.493 e. The van der Waals surface area contributed by atoms with Gasteiger partial charge in [0.05, 0.1) is 24.8 Å². The van der Waals surface area contributed by atoms with Crippen molar-refractivity contribution in [3.8, 4) is 22.8 Å². The molecule has 6 nitrogen and oxygen atoms in total. The van der Waals surface area contributed by atoms with Crippen LogP contribution in [0.3, 0.4) is 0 Å². The maximum Gasteiger partial charge on any atom is 0.259 e.